The first-order valence-electron chi connectivity index (χ1n) is 12.0. The predicted molar refractivity (Wildman–Crippen MR) is 144 cm³/mol. The number of ether oxygens (including phenoxy) is 2. The summed E-state index contributed by atoms with van der Waals surface area (Å²) in [6.45, 7) is 5.52. The first-order valence-corrected chi connectivity index (χ1v) is 14.4. The van der Waals surface area contributed by atoms with Crippen molar-refractivity contribution in [1.29, 1.82) is 0 Å². The minimum atomic E-state index is -3.88. The van der Waals surface area contributed by atoms with Gasteiger partial charge in [0.15, 0.2) is 11.5 Å². The second kappa shape index (κ2) is 12.7. The smallest absolute Gasteiger partial charge is 0.244 e. The third-order valence-electron chi connectivity index (χ3n) is 5.92. The first kappa shape index (κ1) is 28.9. The van der Waals surface area contributed by atoms with Crippen LogP contribution >= 0.6 is 23.2 Å². The number of nitrogens with zero attached hydrogens (tertiary/aromatic N) is 2. The van der Waals surface area contributed by atoms with E-state index < -0.39 is 28.5 Å². The van der Waals surface area contributed by atoms with Gasteiger partial charge in [-0.15, -0.1) is 0 Å². The Balaban J connectivity index is 2.02. The molecule has 1 heterocycles. The van der Waals surface area contributed by atoms with Gasteiger partial charge in [-0.25, -0.2) is 8.42 Å². The summed E-state index contributed by atoms with van der Waals surface area (Å²) in [6.07, 6.45) is 0.296. The zero-order chi connectivity index (χ0) is 27.2. The van der Waals surface area contributed by atoms with E-state index in [4.69, 9.17) is 32.7 Å². The van der Waals surface area contributed by atoms with E-state index in [1.807, 2.05) is 0 Å². The van der Waals surface area contributed by atoms with Crippen LogP contribution < -0.4 is 19.1 Å². The van der Waals surface area contributed by atoms with E-state index >= 15 is 0 Å². The summed E-state index contributed by atoms with van der Waals surface area (Å²) in [5.41, 5.74) is 0.715. The Morgan fingerprint density at radius 2 is 1.68 bits per heavy atom. The number of anilines is 1. The van der Waals surface area contributed by atoms with Crippen LogP contribution in [0.1, 0.15) is 32.8 Å². The summed E-state index contributed by atoms with van der Waals surface area (Å²) < 4.78 is 38.4. The maximum absolute atomic E-state index is 13.8. The van der Waals surface area contributed by atoms with E-state index in [-0.39, 0.29) is 23.9 Å². The highest BCUT2D eigenvalue weighted by Crippen LogP contribution is 2.35. The SMILES string of the molecule is CCNC(=O)[C@H](CC)N(Cc1c(Cl)cccc1Cl)C(=O)CN(c1ccc2c(c1)OCCO2)S(=O)(=O)CC. The lowest BCUT2D eigenvalue weighted by molar-refractivity contribution is -0.140. The largest absolute Gasteiger partial charge is 0.486 e. The number of hydrogen-bond donors (Lipinski definition) is 1. The van der Waals surface area contributed by atoms with Crippen LogP contribution in [0.5, 0.6) is 11.5 Å². The quantitative estimate of drug-likeness (QED) is 0.439. The molecule has 0 fully saturated rings. The maximum atomic E-state index is 13.8. The van der Waals surface area contributed by atoms with Crippen molar-refractivity contribution in [3.05, 3.63) is 52.0 Å². The van der Waals surface area contributed by atoms with Gasteiger partial charge in [0.25, 0.3) is 0 Å². The molecule has 9 nitrogen and oxygen atoms in total. The average Bonchev–Trinajstić information content (AvgIpc) is 2.88. The monoisotopic (exact) mass is 571 g/mol. The van der Waals surface area contributed by atoms with Crippen molar-refractivity contribution in [2.45, 2.75) is 39.8 Å². The summed E-state index contributed by atoms with van der Waals surface area (Å²) in [4.78, 5) is 28.1. The van der Waals surface area contributed by atoms with Gasteiger partial charge in [0.2, 0.25) is 21.8 Å². The van der Waals surface area contributed by atoms with E-state index in [1.54, 1.807) is 44.2 Å². The van der Waals surface area contributed by atoms with Gasteiger partial charge < -0.3 is 19.7 Å². The highest BCUT2D eigenvalue weighted by atomic mass is 35.5. The lowest BCUT2D eigenvalue weighted by Crippen LogP contribution is -2.52. The molecular formula is C25H31Cl2N3O6S. The average molecular weight is 573 g/mol. The molecule has 3 rings (SSSR count). The Morgan fingerprint density at radius 3 is 2.27 bits per heavy atom. The van der Waals surface area contributed by atoms with Gasteiger partial charge in [-0.1, -0.05) is 36.2 Å². The molecule has 0 bridgehead atoms. The molecule has 1 atom stereocenters. The minimum absolute atomic E-state index is 0.0753. The molecule has 0 unspecified atom stereocenters. The first-order chi connectivity index (χ1) is 17.6. The van der Waals surface area contributed by atoms with E-state index in [2.05, 4.69) is 5.32 Å². The van der Waals surface area contributed by atoms with Gasteiger partial charge in [0.1, 0.15) is 25.8 Å². The van der Waals surface area contributed by atoms with Crippen molar-refractivity contribution in [2.24, 2.45) is 0 Å². The fraction of sp³-hybridized carbons (Fsp3) is 0.440. The van der Waals surface area contributed by atoms with Crippen LogP contribution in [0.3, 0.4) is 0 Å². The minimum Gasteiger partial charge on any atom is -0.486 e. The Labute approximate surface area is 227 Å². The summed E-state index contributed by atoms with van der Waals surface area (Å²) in [5.74, 6) is -0.293. The number of halogens is 2. The summed E-state index contributed by atoms with van der Waals surface area (Å²) in [6, 6.07) is 8.79. The molecule has 2 aromatic rings. The number of hydrogen-bond acceptors (Lipinski definition) is 6. The fourth-order valence-electron chi connectivity index (χ4n) is 3.97. The predicted octanol–water partition coefficient (Wildman–Crippen LogP) is 3.86. The van der Waals surface area contributed by atoms with Gasteiger partial charge in [0.05, 0.1) is 11.4 Å². The normalized spacial score (nSPS) is 13.5. The molecule has 2 aromatic carbocycles. The molecule has 37 heavy (non-hydrogen) atoms. The molecule has 0 saturated carbocycles. The van der Waals surface area contributed by atoms with Crippen LogP contribution in [0, 0.1) is 0 Å². The van der Waals surface area contributed by atoms with E-state index in [1.165, 1.54) is 17.9 Å². The lowest BCUT2D eigenvalue weighted by Gasteiger charge is -2.33. The molecule has 0 saturated heterocycles. The summed E-state index contributed by atoms with van der Waals surface area (Å²) in [5, 5.41) is 3.41. The molecular weight excluding hydrogens is 541 g/mol. The summed E-state index contributed by atoms with van der Waals surface area (Å²) >= 11 is 12.8. The molecule has 1 aliphatic heterocycles. The number of likely N-dealkylation sites (N-methyl/N-ethyl adjacent to an activating group) is 1. The molecule has 202 valence electrons. The zero-order valence-corrected chi connectivity index (χ0v) is 23.3. The number of benzene rings is 2. The van der Waals surface area contributed by atoms with E-state index in [0.29, 0.717) is 53.3 Å². The van der Waals surface area contributed by atoms with Crippen LogP contribution in [0.15, 0.2) is 36.4 Å². The number of sulfonamides is 1. The lowest BCUT2D eigenvalue weighted by atomic mass is 10.1. The number of amides is 2. The molecule has 12 heteroatoms. The standard InChI is InChI=1S/C25H31Cl2N3O6S/c1-4-21(25(32)28-5-2)29(15-18-19(26)8-7-9-20(18)27)24(31)16-30(37(33,34)6-3)17-10-11-22-23(14-17)36-13-12-35-22/h7-11,14,21H,4-6,12-13,15-16H2,1-3H3,(H,28,32)/t21-/m0/s1. The number of carbonyl (C=O) groups excluding carboxylic acids is 2. The molecule has 1 aliphatic rings. The molecule has 0 aliphatic carbocycles. The molecule has 0 spiro atoms. The third-order valence-corrected chi connectivity index (χ3v) is 8.37. The Morgan fingerprint density at radius 1 is 1.03 bits per heavy atom. The Kier molecular flexibility index (Phi) is 9.92. The van der Waals surface area contributed by atoms with Gasteiger partial charge >= 0.3 is 0 Å². The van der Waals surface area contributed by atoms with Gasteiger partial charge in [0, 0.05) is 34.8 Å². The fourth-order valence-corrected chi connectivity index (χ4v) is 5.54. The molecule has 0 radical (unpaired) electrons. The van der Waals surface area contributed by atoms with Crippen LogP contribution in [-0.2, 0) is 26.2 Å². The van der Waals surface area contributed by atoms with Crippen molar-refractivity contribution >= 4 is 50.7 Å². The van der Waals surface area contributed by atoms with Crippen molar-refractivity contribution in [3.63, 3.8) is 0 Å². The zero-order valence-electron chi connectivity index (χ0n) is 21.0. The van der Waals surface area contributed by atoms with Crippen molar-refractivity contribution in [2.75, 3.05) is 36.4 Å². The molecule has 1 N–H and O–H groups in total. The second-order valence-corrected chi connectivity index (χ2v) is 11.3. The maximum Gasteiger partial charge on any atom is 0.244 e. The topological polar surface area (TPSA) is 105 Å². The number of fused-ring (bicyclic) bond motifs is 1. The van der Waals surface area contributed by atoms with E-state index in [0.717, 1.165) is 4.31 Å². The van der Waals surface area contributed by atoms with Gasteiger partial charge in [-0.05, 0) is 44.5 Å². The number of rotatable bonds is 11. The van der Waals surface area contributed by atoms with Crippen molar-refractivity contribution < 1.29 is 27.5 Å². The third kappa shape index (κ3) is 6.80. The van der Waals surface area contributed by atoms with Gasteiger partial charge in [-0.3, -0.25) is 13.9 Å². The Hall–Kier alpha value is -2.69. The number of nitrogens with one attached hydrogen (secondary N) is 1. The van der Waals surface area contributed by atoms with Crippen LogP contribution in [0.25, 0.3) is 0 Å². The van der Waals surface area contributed by atoms with Crippen molar-refractivity contribution in [3.8, 4) is 11.5 Å². The van der Waals surface area contributed by atoms with E-state index in [9.17, 15) is 18.0 Å². The summed E-state index contributed by atoms with van der Waals surface area (Å²) in [7, 11) is -3.88. The van der Waals surface area contributed by atoms with Crippen molar-refractivity contribution in [1.82, 2.24) is 10.2 Å². The highest BCUT2D eigenvalue weighted by molar-refractivity contribution is 7.92. The number of carbonyl (C=O) groups is 2. The molecule has 0 aromatic heterocycles. The van der Waals surface area contributed by atoms with Crippen LogP contribution in [0.2, 0.25) is 10.0 Å². The van der Waals surface area contributed by atoms with Crippen LogP contribution in [0.4, 0.5) is 5.69 Å². The molecule has 2 amide bonds. The highest BCUT2D eigenvalue weighted by Gasteiger charge is 2.33. The van der Waals surface area contributed by atoms with Crippen LogP contribution in [-0.4, -0.2) is 63.2 Å². The second-order valence-electron chi connectivity index (χ2n) is 8.28. The Bertz CT molecular complexity index is 1220. The van der Waals surface area contributed by atoms with Gasteiger partial charge in [-0.2, -0.15) is 0 Å².